The van der Waals surface area contributed by atoms with Crippen LogP contribution in [0.25, 0.3) is 0 Å². The zero-order valence-electron chi connectivity index (χ0n) is 14.5. The van der Waals surface area contributed by atoms with Gasteiger partial charge in [0, 0.05) is 16.8 Å². The first kappa shape index (κ1) is 17.8. The molecule has 1 heterocycles. The van der Waals surface area contributed by atoms with Crippen LogP contribution < -0.4 is 20.1 Å². The van der Waals surface area contributed by atoms with E-state index in [1.165, 1.54) is 11.3 Å². The van der Waals surface area contributed by atoms with Crippen LogP contribution in [0.3, 0.4) is 0 Å². The van der Waals surface area contributed by atoms with Crippen LogP contribution in [-0.4, -0.2) is 24.6 Å². The van der Waals surface area contributed by atoms with Gasteiger partial charge >= 0.3 is 0 Å². The van der Waals surface area contributed by atoms with E-state index in [0.29, 0.717) is 23.1 Å². The summed E-state index contributed by atoms with van der Waals surface area (Å²) in [5, 5.41) is 8.36. The summed E-state index contributed by atoms with van der Waals surface area (Å²) in [4.78, 5) is 16.6. The van der Waals surface area contributed by atoms with Crippen LogP contribution in [0.15, 0.2) is 53.9 Å². The molecule has 0 bridgehead atoms. The van der Waals surface area contributed by atoms with E-state index in [1.54, 1.807) is 36.8 Å². The molecule has 134 valence electrons. The minimum absolute atomic E-state index is 0.258. The van der Waals surface area contributed by atoms with E-state index in [4.69, 9.17) is 9.47 Å². The van der Waals surface area contributed by atoms with E-state index in [2.05, 4.69) is 15.6 Å². The van der Waals surface area contributed by atoms with Crippen molar-refractivity contribution in [3.8, 4) is 11.5 Å². The lowest BCUT2D eigenvalue weighted by Gasteiger charge is -2.06. The molecule has 26 heavy (non-hydrogen) atoms. The van der Waals surface area contributed by atoms with Crippen molar-refractivity contribution >= 4 is 33.8 Å². The van der Waals surface area contributed by atoms with E-state index in [0.717, 1.165) is 17.2 Å². The molecular weight excluding hydrogens is 350 g/mol. The van der Waals surface area contributed by atoms with Crippen molar-refractivity contribution in [1.29, 1.82) is 0 Å². The van der Waals surface area contributed by atoms with Crippen molar-refractivity contribution in [2.24, 2.45) is 0 Å². The second-order valence-corrected chi connectivity index (χ2v) is 6.16. The first-order valence-corrected chi connectivity index (χ1v) is 8.96. The maximum atomic E-state index is 12.3. The quantitative estimate of drug-likeness (QED) is 0.639. The summed E-state index contributed by atoms with van der Waals surface area (Å²) in [7, 11) is 1.60. The van der Waals surface area contributed by atoms with Crippen molar-refractivity contribution in [3.05, 3.63) is 59.6 Å². The Morgan fingerprint density at radius 1 is 1.04 bits per heavy atom. The third-order valence-electron chi connectivity index (χ3n) is 3.50. The fourth-order valence-electron chi connectivity index (χ4n) is 2.23. The molecule has 1 amide bonds. The lowest BCUT2D eigenvalue weighted by Crippen LogP contribution is -2.12. The Kier molecular flexibility index (Phi) is 5.70. The molecule has 3 rings (SSSR count). The molecule has 0 aliphatic rings. The molecule has 0 unspecified atom stereocenters. The van der Waals surface area contributed by atoms with Crippen molar-refractivity contribution in [2.75, 3.05) is 24.4 Å². The smallest absolute Gasteiger partial charge is 0.275 e. The lowest BCUT2D eigenvalue weighted by molar-refractivity contribution is 0.102. The monoisotopic (exact) mass is 369 g/mol. The normalized spacial score (nSPS) is 10.2. The minimum atomic E-state index is -0.258. The van der Waals surface area contributed by atoms with Crippen LogP contribution in [0.5, 0.6) is 11.5 Å². The number of aromatic nitrogens is 1. The van der Waals surface area contributed by atoms with Gasteiger partial charge in [-0.15, -0.1) is 11.3 Å². The highest BCUT2D eigenvalue weighted by molar-refractivity contribution is 7.14. The zero-order chi connectivity index (χ0) is 18.4. The summed E-state index contributed by atoms with van der Waals surface area (Å²) in [6.45, 7) is 2.58. The van der Waals surface area contributed by atoms with Crippen LogP contribution in [0, 0.1) is 0 Å². The maximum absolute atomic E-state index is 12.3. The number of carbonyl (C=O) groups is 1. The van der Waals surface area contributed by atoms with Crippen LogP contribution in [0.2, 0.25) is 0 Å². The summed E-state index contributed by atoms with van der Waals surface area (Å²) < 4.78 is 10.5. The number of amides is 1. The average Bonchev–Trinajstić information content (AvgIpc) is 3.13. The van der Waals surface area contributed by atoms with Crippen LogP contribution >= 0.6 is 11.3 Å². The van der Waals surface area contributed by atoms with Gasteiger partial charge in [0.2, 0.25) is 0 Å². The van der Waals surface area contributed by atoms with Gasteiger partial charge in [0.15, 0.2) is 5.13 Å². The van der Waals surface area contributed by atoms with Crippen LogP contribution in [-0.2, 0) is 0 Å². The Labute approximate surface area is 155 Å². The van der Waals surface area contributed by atoms with E-state index >= 15 is 0 Å². The topological polar surface area (TPSA) is 72.5 Å². The molecule has 0 saturated heterocycles. The minimum Gasteiger partial charge on any atom is -0.497 e. The van der Waals surface area contributed by atoms with Crippen molar-refractivity contribution in [1.82, 2.24) is 4.98 Å². The number of hydrogen-bond acceptors (Lipinski definition) is 6. The number of carbonyl (C=O) groups excluding carboxylic acids is 1. The largest absolute Gasteiger partial charge is 0.497 e. The third-order valence-corrected chi connectivity index (χ3v) is 4.26. The van der Waals surface area contributed by atoms with Crippen molar-refractivity contribution in [2.45, 2.75) is 6.92 Å². The van der Waals surface area contributed by atoms with Crippen LogP contribution in [0.4, 0.5) is 16.5 Å². The number of benzene rings is 2. The molecule has 3 aromatic rings. The molecular formula is C19H19N3O3S. The third kappa shape index (κ3) is 4.52. The highest BCUT2D eigenvalue weighted by Gasteiger charge is 2.11. The van der Waals surface area contributed by atoms with Gasteiger partial charge in [-0.3, -0.25) is 4.79 Å². The van der Waals surface area contributed by atoms with Gasteiger partial charge in [-0.2, -0.15) is 0 Å². The number of methoxy groups -OCH3 is 1. The van der Waals surface area contributed by atoms with Crippen LogP contribution in [0.1, 0.15) is 17.4 Å². The zero-order valence-corrected chi connectivity index (χ0v) is 15.3. The van der Waals surface area contributed by atoms with Gasteiger partial charge < -0.3 is 20.1 Å². The molecule has 7 heteroatoms. The number of nitrogens with zero attached hydrogens (tertiary/aromatic N) is 1. The Bertz CT molecular complexity index is 860. The number of ether oxygens (including phenoxy) is 2. The van der Waals surface area contributed by atoms with Gasteiger partial charge in [-0.05, 0) is 55.5 Å². The number of anilines is 3. The van der Waals surface area contributed by atoms with Crippen molar-refractivity contribution < 1.29 is 14.3 Å². The molecule has 2 N–H and O–H groups in total. The summed E-state index contributed by atoms with van der Waals surface area (Å²) in [5.41, 5.74) is 1.92. The predicted molar refractivity (Wildman–Crippen MR) is 104 cm³/mol. The second-order valence-electron chi connectivity index (χ2n) is 5.30. The average molecular weight is 369 g/mol. The molecule has 0 aliphatic carbocycles. The molecule has 0 fully saturated rings. The molecule has 6 nitrogen and oxygen atoms in total. The van der Waals surface area contributed by atoms with Gasteiger partial charge in [0.25, 0.3) is 5.91 Å². The molecule has 0 aliphatic heterocycles. The highest BCUT2D eigenvalue weighted by atomic mass is 32.1. The van der Waals surface area contributed by atoms with E-state index in [-0.39, 0.29) is 5.91 Å². The van der Waals surface area contributed by atoms with Gasteiger partial charge in [0.05, 0.1) is 13.7 Å². The highest BCUT2D eigenvalue weighted by Crippen LogP contribution is 2.23. The standard InChI is InChI=1S/C19H19N3O3S/c1-3-25-16-10-6-14(7-11-16)21-19-22-17(12-26-19)18(23)20-13-4-8-15(24-2)9-5-13/h4-12H,3H2,1-2H3,(H,20,23)(H,21,22). The number of nitrogens with one attached hydrogen (secondary N) is 2. The molecule has 0 saturated carbocycles. The molecule has 0 spiro atoms. The molecule has 0 atom stereocenters. The molecule has 2 aromatic carbocycles. The number of hydrogen-bond donors (Lipinski definition) is 2. The second kappa shape index (κ2) is 8.35. The van der Waals surface area contributed by atoms with Gasteiger partial charge in [0.1, 0.15) is 17.2 Å². The Hall–Kier alpha value is -3.06. The Balaban J connectivity index is 1.61. The van der Waals surface area contributed by atoms with E-state index in [9.17, 15) is 4.79 Å². The number of rotatable bonds is 7. The first-order chi connectivity index (χ1) is 12.7. The fourth-order valence-corrected chi connectivity index (χ4v) is 2.94. The Morgan fingerprint density at radius 2 is 1.69 bits per heavy atom. The first-order valence-electron chi connectivity index (χ1n) is 8.08. The molecule has 0 radical (unpaired) electrons. The summed E-state index contributed by atoms with van der Waals surface area (Å²) in [5.74, 6) is 1.29. The summed E-state index contributed by atoms with van der Waals surface area (Å²) in [6, 6.07) is 14.7. The lowest BCUT2D eigenvalue weighted by atomic mass is 10.3. The maximum Gasteiger partial charge on any atom is 0.275 e. The number of thiazole rings is 1. The SMILES string of the molecule is CCOc1ccc(Nc2nc(C(=O)Nc3ccc(OC)cc3)cs2)cc1. The Morgan fingerprint density at radius 3 is 2.35 bits per heavy atom. The summed E-state index contributed by atoms with van der Waals surface area (Å²) in [6.07, 6.45) is 0. The van der Waals surface area contributed by atoms with E-state index < -0.39 is 0 Å². The molecule has 1 aromatic heterocycles. The van der Waals surface area contributed by atoms with Gasteiger partial charge in [-0.25, -0.2) is 4.98 Å². The van der Waals surface area contributed by atoms with Gasteiger partial charge in [-0.1, -0.05) is 0 Å². The fraction of sp³-hybridized carbons (Fsp3) is 0.158. The summed E-state index contributed by atoms with van der Waals surface area (Å²) >= 11 is 1.37. The van der Waals surface area contributed by atoms with Crippen molar-refractivity contribution in [3.63, 3.8) is 0 Å². The predicted octanol–water partition coefficient (Wildman–Crippen LogP) is 4.55. The van der Waals surface area contributed by atoms with E-state index in [1.807, 2.05) is 31.2 Å².